The number of Topliss-reactive ketones (excluding diaryl/α,β-unsaturated/α-hetero) is 1. The summed E-state index contributed by atoms with van der Waals surface area (Å²) < 4.78 is 4.79. The summed E-state index contributed by atoms with van der Waals surface area (Å²) in [6, 6.07) is 20.8. The summed E-state index contributed by atoms with van der Waals surface area (Å²) in [6.45, 7) is 2.19. The van der Waals surface area contributed by atoms with Crippen molar-refractivity contribution in [2.75, 3.05) is 13.7 Å². The highest BCUT2D eigenvalue weighted by molar-refractivity contribution is 6.46. The zero-order valence-corrected chi connectivity index (χ0v) is 20.5. The molecule has 0 bridgehead atoms. The van der Waals surface area contributed by atoms with Gasteiger partial charge in [0.05, 0.1) is 24.3 Å². The number of aliphatic hydroxyl groups is 1. The van der Waals surface area contributed by atoms with Crippen LogP contribution in [0, 0.1) is 6.92 Å². The first-order chi connectivity index (χ1) is 17.9. The van der Waals surface area contributed by atoms with Gasteiger partial charge in [0.15, 0.2) is 0 Å². The molecule has 5 rings (SSSR count). The highest BCUT2D eigenvalue weighted by Gasteiger charge is 2.45. The summed E-state index contributed by atoms with van der Waals surface area (Å²) in [7, 11) is 1.30. The maximum absolute atomic E-state index is 13.3. The van der Waals surface area contributed by atoms with Gasteiger partial charge in [-0.15, -0.1) is 0 Å². The summed E-state index contributed by atoms with van der Waals surface area (Å²) in [5.41, 5.74) is 4.46. The maximum atomic E-state index is 13.3. The van der Waals surface area contributed by atoms with Gasteiger partial charge in [0, 0.05) is 29.2 Å². The van der Waals surface area contributed by atoms with Crippen LogP contribution in [0.3, 0.4) is 0 Å². The fourth-order valence-corrected chi connectivity index (χ4v) is 4.82. The normalized spacial score (nSPS) is 16.9. The van der Waals surface area contributed by atoms with Crippen LogP contribution in [-0.2, 0) is 20.7 Å². The number of aromatic amines is 1. The highest BCUT2D eigenvalue weighted by Crippen LogP contribution is 2.39. The van der Waals surface area contributed by atoms with Gasteiger partial charge >= 0.3 is 5.97 Å². The molecule has 37 heavy (non-hydrogen) atoms. The number of hydrogen-bond acceptors (Lipinski definition) is 5. The first-order valence-electron chi connectivity index (χ1n) is 12.0. The Morgan fingerprint density at radius 3 is 2.35 bits per heavy atom. The average Bonchev–Trinajstić information content (AvgIpc) is 3.45. The van der Waals surface area contributed by atoms with E-state index in [-0.39, 0.29) is 17.9 Å². The molecule has 2 heterocycles. The van der Waals surface area contributed by atoms with Crippen molar-refractivity contribution in [3.63, 3.8) is 0 Å². The van der Waals surface area contributed by atoms with Crippen molar-refractivity contribution in [1.82, 2.24) is 9.88 Å². The van der Waals surface area contributed by atoms with Gasteiger partial charge in [-0.1, -0.05) is 60.2 Å². The van der Waals surface area contributed by atoms with E-state index in [0.29, 0.717) is 23.1 Å². The standard InChI is InChI=1S/C30H26N2O5/c1-18-7-9-20(10-8-18)27(33)25-26(19-11-13-21(14-12-19)30(36)37-2)32(29(35)28(25)34)16-15-22-17-31-24-6-4-3-5-23(22)24/h3-14,17,26,31,33H,15-16H2,1-2H3/t26-/m0/s1. The van der Waals surface area contributed by atoms with Crippen LogP contribution in [0.1, 0.15) is 38.7 Å². The molecule has 1 fully saturated rings. The van der Waals surface area contributed by atoms with E-state index in [4.69, 9.17) is 4.74 Å². The van der Waals surface area contributed by atoms with E-state index in [2.05, 4.69) is 4.98 Å². The number of amides is 1. The van der Waals surface area contributed by atoms with Crippen molar-refractivity contribution >= 4 is 34.3 Å². The predicted molar refractivity (Wildman–Crippen MR) is 140 cm³/mol. The monoisotopic (exact) mass is 494 g/mol. The van der Waals surface area contributed by atoms with Crippen LogP contribution >= 0.6 is 0 Å². The molecule has 0 unspecified atom stereocenters. The Balaban J connectivity index is 1.56. The number of ketones is 1. The number of aliphatic hydroxyl groups excluding tert-OH is 1. The number of aromatic nitrogens is 1. The SMILES string of the molecule is COC(=O)c1ccc([C@H]2C(=C(O)c3ccc(C)cc3)C(=O)C(=O)N2CCc2c[nH]c3ccccc23)cc1. The minimum absolute atomic E-state index is 0.0265. The second-order valence-corrected chi connectivity index (χ2v) is 9.08. The van der Waals surface area contributed by atoms with Gasteiger partial charge in [0.2, 0.25) is 0 Å². The number of methoxy groups -OCH3 is 1. The van der Waals surface area contributed by atoms with Gasteiger partial charge in [0.25, 0.3) is 11.7 Å². The minimum Gasteiger partial charge on any atom is -0.507 e. The molecule has 2 N–H and O–H groups in total. The van der Waals surface area contributed by atoms with Crippen molar-refractivity contribution < 1.29 is 24.2 Å². The molecule has 0 radical (unpaired) electrons. The molecule has 0 saturated carbocycles. The lowest BCUT2D eigenvalue weighted by Gasteiger charge is -2.25. The third-order valence-electron chi connectivity index (χ3n) is 6.81. The van der Waals surface area contributed by atoms with Gasteiger partial charge in [-0.25, -0.2) is 4.79 Å². The number of para-hydroxylation sites is 1. The number of hydrogen-bond donors (Lipinski definition) is 2. The molecule has 1 aliphatic rings. The maximum Gasteiger partial charge on any atom is 0.337 e. The molecular weight excluding hydrogens is 468 g/mol. The number of esters is 1. The summed E-state index contributed by atoms with van der Waals surface area (Å²) in [5.74, 6) is -2.12. The van der Waals surface area contributed by atoms with Crippen molar-refractivity contribution in [1.29, 1.82) is 0 Å². The number of rotatable bonds is 6. The smallest absolute Gasteiger partial charge is 0.337 e. The molecule has 0 aliphatic carbocycles. The molecule has 1 aromatic heterocycles. The molecule has 7 nitrogen and oxygen atoms in total. The predicted octanol–water partition coefficient (Wildman–Crippen LogP) is 4.93. The molecule has 7 heteroatoms. The number of aryl methyl sites for hydroxylation is 1. The molecule has 186 valence electrons. The van der Waals surface area contributed by atoms with Gasteiger partial charge < -0.3 is 19.7 Å². The Kier molecular flexibility index (Phi) is 6.36. The Morgan fingerprint density at radius 2 is 1.65 bits per heavy atom. The zero-order chi connectivity index (χ0) is 26.1. The lowest BCUT2D eigenvalue weighted by Crippen LogP contribution is -2.31. The number of H-pyrrole nitrogens is 1. The number of nitrogens with zero attached hydrogens (tertiary/aromatic N) is 1. The number of carbonyl (C=O) groups is 3. The van der Waals surface area contributed by atoms with Crippen LogP contribution in [0.4, 0.5) is 0 Å². The van der Waals surface area contributed by atoms with Gasteiger partial charge in [-0.05, 0) is 42.7 Å². The molecule has 3 aromatic carbocycles. The number of fused-ring (bicyclic) bond motifs is 1. The van der Waals surface area contributed by atoms with Gasteiger partial charge in [0.1, 0.15) is 5.76 Å². The van der Waals surface area contributed by atoms with Crippen LogP contribution in [0.25, 0.3) is 16.7 Å². The number of benzene rings is 3. The Morgan fingerprint density at radius 1 is 0.973 bits per heavy atom. The van der Waals surface area contributed by atoms with Crippen LogP contribution in [-0.4, -0.2) is 46.3 Å². The lowest BCUT2D eigenvalue weighted by atomic mass is 9.94. The van der Waals surface area contributed by atoms with E-state index in [1.165, 1.54) is 12.0 Å². The Bertz CT molecular complexity index is 1530. The van der Waals surface area contributed by atoms with Crippen LogP contribution < -0.4 is 0 Å². The van der Waals surface area contributed by atoms with E-state index < -0.39 is 23.7 Å². The van der Waals surface area contributed by atoms with Crippen molar-refractivity contribution in [2.45, 2.75) is 19.4 Å². The molecule has 1 atom stereocenters. The lowest BCUT2D eigenvalue weighted by molar-refractivity contribution is -0.139. The van der Waals surface area contributed by atoms with Crippen LogP contribution in [0.15, 0.2) is 84.6 Å². The van der Waals surface area contributed by atoms with Gasteiger partial charge in [-0.2, -0.15) is 0 Å². The summed E-state index contributed by atoms with van der Waals surface area (Å²) in [4.78, 5) is 43.3. The summed E-state index contributed by atoms with van der Waals surface area (Å²) in [6.07, 6.45) is 2.42. The number of ether oxygens (including phenoxy) is 1. The van der Waals surface area contributed by atoms with E-state index >= 15 is 0 Å². The fraction of sp³-hybridized carbons (Fsp3) is 0.167. The second-order valence-electron chi connectivity index (χ2n) is 9.08. The Hall–Kier alpha value is -4.65. The quantitative estimate of drug-likeness (QED) is 0.171. The largest absolute Gasteiger partial charge is 0.507 e. The van der Waals surface area contributed by atoms with Gasteiger partial charge in [-0.3, -0.25) is 9.59 Å². The number of likely N-dealkylation sites (tertiary alicyclic amines) is 1. The van der Waals surface area contributed by atoms with Crippen molar-refractivity contribution in [2.24, 2.45) is 0 Å². The molecule has 4 aromatic rings. The van der Waals surface area contributed by atoms with E-state index in [0.717, 1.165) is 22.0 Å². The average molecular weight is 495 g/mol. The number of carbonyl (C=O) groups excluding carboxylic acids is 3. The summed E-state index contributed by atoms with van der Waals surface area (Å²) >= 11 is 0. The van der Waals surface area contributed by atoms with E-state index in [1.54, 1.807) is 36.4 Å². The topological polar surface area (TPSA) is 99.7 Å². The zero-order valence-electron chi connectivity index (χ0n) is 20.5. The third kappa shape index (κ3) is 4.40. The Labute approximate surface area is 214 Å². The molecule has 1 saturated heterocycles. The molecule has 1 aliphatic heterocycles. The van der Waals surface area contributed by atoms with E-state index in [9.17, 15) is 19.5 Å². The third-order valence-corrected chi connectivity index (χ3v) is 6.81. The fourth-order valence-electron chi connectivity index (χ4n) is 4.82. The van der Waals surface area contributed by atoms with Crippen LogP contribution in [0.2, 0.25) is 0 Å². The second kappa shape index (κ2) is 9.78. The highest BCUT2D eigenvalue weighted by atomic mass is 16.5. The molecule has 0 spiro atoms. The minimum atomic E-state index is -0.807. The summed E-state index contributed by atoms with van der Waals surface area (Å²) in [5, 5.41) is 12.3. The van der Waals surface area contributed by atoms with Crippen molar-refractivity contribution in [3.05, 3.63) is 112 Å². The molecule has 1 amide bonds. The number of nitrogens with one attached hydrogen (secondary N) is 1. The van der Waals surface area contributed by atoms with Crippen molar-refractivity contribution in [3.8, 4) is 0 Å². The van der Waals surface area contributed by atoms with Crippen LogP contribution in [0.5, 0.6) is 0 Å². The first-order valence-corrected chi connectivity index (χ1v) is 12.0. The van der Waals surface area contributed by atoms with E-state index in [1.807, 2.05) is 49.5 Å². The molecular formula is C30H26N2O5. The first kappa shape index (κ1) is 24.1.